The third-order valence-electron chi connectivity index (χ3n) is 5.66. The van der Waals surface area contributed by atoms with Gasteiger partial charge in [0, 0.05) is 23.7 Å². The number of thioether (sulfide) groups is 2. The molecule has 3 aliphatic rings. The minimum atomic E-state index is -0.434. The van der Waals surface area contributed by atoms with Gasteiger partial charge in [0.25, 0.3) is 0 Å². The van der Waals surface area contributed by atoms with Crippen molar-refractivity contribution in [1.29, 1.82) is 0 Å². The molecule has 3 unspecified atom stereocenters. The Hall–Kier alpha value is -0.860. The second-order valence-electron chi connectivity index (χ2n) is 7.15. The van der Waals surface area contributed by atoms with Crippen LogP contribution in [0.25, 0.3) is 0 Å². The molecule has 7 heteroatoms. The number of benzene rings is 1. The van der Waals surface area contributed by atoms with Crippen molar-refractivity contribution in [3.8, 4) is 0 Å². The van der Waals surface area contributed by atoms with Crippen molar-refractivity contribution in [3.05, 3.63) is 35.4 Å². The maximum Gasteiger partial charge on any atom is 0.165 e. The number of ketones is 2. The van der Waals surface area contributed by atoms with Gasteiger partial charge in [-0.2, -0.15) is 0 Å². The van der Waals surface area contributed by atoms with Crippen molar-refractivity contribution >= 4 is 35.1 Å². The van der Waals surface area contributed by atoms with Crippen LogP contribution in [0.5, 0.6) is 0 Å². The smallest absolute Gasteiger partial charge is 0.165 e. The van der Waals surface area contributed by atoms with Crippen molar-refractivity contribution in [2.24, 2.45) is 5.92 Å². The van der Waals surface area contributed by atoms with Crippen molar-refractivity contribution in [3.63, 3.8) is 0 Å². The molecule has 0 spiro atoms. The lowest BCUT2D eigenvalue weighted by Crippen LogP contribution is -2.51. The first-order valence-electron chi connectivity index (χ1n) is 9.14. The van der Waals surface area contributed by atoms with Gasteiger partial charge in [-0.15, -0.1) is 23.5 Å². The Morgan fingerprint density at radius 2 is 1.77 bits per heavy atom. The Kier molecular flexibility index (Phi) is 5.71. The van der Waals surface area contributed by atoms with E-state index in [0.717, 1.165) is 19.3 Å². The maximum absolute atomic E-state index is 13.2. The molecule has 2 fully saturated rings. The standard InChI is InChI=1S/C19H24N2O3S2/c22-8-14-18(25-9-20-14)17(24)15-19(26-10-21-15)16(23)13-6-5-11-3-1-2-4-12(11)7-13/h1-4,13-15,18-22H,5-10H2/t13?,14-,15-,18?,19?/m1/s1. The summed E-state index contributed by atoms with van der Waals surface area (Å²) in [7, 11) is 0. The summed E-state index contributed by atoms with van der Waals surface area (Å²) in [6.45, 7) is -0.0543. The van der Waals surface area contributed by atoms with E-state index in [0.29, 0.717) is 11.8 Å². The highest BCUT2D eigenvalue weighted by Gasteiger charge is 2.45. The van der Waals surface area contributed by atoms with Gasteiger partial charge in [-0.25, -0.2) is 0 Å². The molecule has 140 valence electrons. The van der Waals surface area contributed by atoms with Crippen LogP contribution in [0.15, 0.2) is 24.3 Å². The molecule has 1 aromatic rings. The van der Waals surface area contributed by atoms with E-state index in [1.54, 1.807) is 11.8 Å². The van der Waals surface area contributed by atoms with Crippen LogP contribution in [0.3, 0.4) is 0 Å². The summed E-state index contributed by atoms with van der Waals surface area (Å²) in [6.07, 6.45) is 2.59. The number of aryl methyl sites for hydroxylation is 1. The zero-order valence-corrected chi connectivity index (χ0v) is 16.2. The second kappa shape index (κ2) is 8.02. The van der Waals surface area contributed by atoms with Crippen LogP contribution in [0.2, 0.25) is 0 Å². The molecule has 2 aliphatic heterocycles. The van der Waals surface area contributed by atoms with Crippen LogP contribution in [0.1, 0.15) is 17.5 Å². The number of hydrogen-bond acceptors (Lipinski definition) is 7. The highest BCUT2D eigenvalue weighted by atomic mass is 32.2. The summed E-state index contributed by atoms with van der Waals surface area (Å²) < 4.78 is 0. The molecular formula is C19H24N2O3S2. The number of rotatable bonds is 5. The summed E-state index contributed by atoms with van der Waals surface area (Å²) in [5, 5.41) is 15.3. The third-order valence-corrected chi connectivity index (χ3v) is 8.11. The SMILES string of the molecule is O=C(C1CCc2ccccc2C1)C1SCN[C@@H]1C(=O)C1SCN[C@@H]1CO. The second-order valence-corrected chi connectivity index (χ2v) is 9.41. The molecule has 4 rings (SSSR count). The Bertz CT molecular complexity index is 699. The molecule has 0 bridgehead atoms. The van der Waals surface area contributed by atoms with E-state index < -0.39 is 6.04 Å². The Morgan fingerprint density at radius 1 is 1.04 bits per heavy atom. The van der Waals surface area contributed by atoms with Gasteiger partial charge in [-0.05, 0) is 30.4 Å². The number of carbonyl (C=O) groups is 2. The first-order chi connectivity index (χ1) is 12.7. The number of nitrogens with one attached hydrogen (secondary N) is 2. The highest BCUT2D eigenvalue weighted by Crippen LogP contribution is 2.34. The van der Waals surface area contributed by atoms with Gasteiger partial charge in [0.05, 0.1) is 23.1 Å². The van der Waals surface area contributed by atoms with Crippen LogP contribution >= 0.6 is 23.5 Å². The van der Waals surface area contributed by atoms with Gasteiger partial charge in [0.1, 0.15) is 0 Å². The highest BCUT2D eigenvalue weighted by molar-refractivity contribution is 8.01. The first-order valence-corrected chi connectivity index (χ1v) is 11.2. The van der Waals surface area contributed by atoms with Gasteiger partial charge in [0.15, 0.2) is 11.6 Å². The predicted octanol–water partition coefficient (Wildman–Crippen LogP) is 0.984. The van der Waals surface area contributed by atoms with E-state index >= 15 is 0 Å². The molecule has 1 aromatic carbocycles. The molecule has 26 heavy (non-hydrogen) atoms. The van der Waals surface area contributed by atoms with Gasteiger partial charge in [-0.1, -0.05) is 24.3 Å². The lowest BCUT2D eigenvalue weighted by Gasteiger charge is -2.28. The van der Waals surface area contributed by atoms with Crippen molar-refractivity contribution in [2.45, 2.75) is 41.8 Å². The van der Waals surface area contributed by atoms with Crippen LogP contribution in [0, 0.1) is 5.92 Å². The fraction of sp³-hybridized carbons (Fsp3) is 0.579. The number of aliphatic hydroxyl groups is 1. The molecule has 0 saturated carbocycles. The van der Waals surface area contributed by atoms with Crippen molar-refractivity contribution in [2.75, 3.05) is 18.4 Å². The molecule has 0 amide bonds. The van der Waals surface area contributed by atoms with Crippen LogP contribution in [-0.2, 0) is 22.4 Å². The molecular weight excluding hydrogens is 368 g/mol. The van der Waals surface area contributed by atoms with E-state index in [1.165, 1.54) is 22.9 Å². The van der Waals surface area contributed by atoms with Crippen molar-refractivity contribution < 1.29 is 14.7 Å². The van der Waals surface area contributed by atoms with E-state index in [4.69, 9.17) is 0 Å². The number of Topliss-reactive ketones (excluding diaryl/α,β-unsaturated/α-hetero) is 2. The Balaban J connectivity index is 1.46. The normalized spacial score (nSPS) is 33.8. The molecule has 2 heterocycles. The van der Waals surface area contributed by atoms with E-state index in [-0.39, 0.29) is 40.6 Å². The number of hydrogen-bond donors (Lipinski definition) is 3. The molecule has 0 aromatic heterocycles. The molecule has 1 aliphatic carbocycles. The summed E-state index contributed by atoms with van der Waals surface area (Å²) in [6, 6.07) is 7.70. The zero-order chi connectivity index (χ0) is 18.1. The number of carbonyl (C=O) groups excluding carboxylic acids is 2. The van der Waals surface area contributed by atoms with Gasteiger partial charge >= 0.3 is 0 Å². The Labute approximate surface area is 162 Å². The van der Waals surface area contributed by atoms with Crippen LogP contribution in [-0.4, -0.2) is 57.6 Å². The average Bonchev–Trinajstić information content (AvgIpc) is 3.35. The largest absolute Gasteiger partial charge is 0.395 e. The summed E-state index contributed by atoms with van der Waals surface area (Å²) in [5.41, 5.74) is 2.62. The fourth-order valence-corrected chi connectivity index (χ4v) is 6.64. The summed E-state index contributed by atoms with van der Waals surface area (Å²) >= 11 is 3.08. The van der Waals surface area contributed by atoms with Gasteiger partial charge in [-0.3, -0.25) is 14.9 Å². The van der Waals surface area contributed by atoms with Gasteiger partial charge in [0.2, 0.25) is 0 Å². The number of aliphatic hydroxyl groups excluding tert-OH is 1. The molecule has 3 N–H and O–H groups in total. The minimum Gasteiger partial charge on any atom is -0.395 e. The Morgan fingerprint density at radius 3 is 2.58 bits per heavy atom. The van der Waals surface area contributed by atoms with E-state index in [9.17, 15) is 14.7 Å². The lowest BCUT2D eigenvalue weighted by atomic mass is 9.80. The third kappa shape index (κ3) is 3.47. The van der Waals surface area contributed by atoms with Crippen LogP contribution < -0.4 is 10.6 Å². The average molecular weight is 393 g/mol. The molecule has 0 radical (unpaired) electrons. The first kappa shape index (κ1) is 18.5. The van der Waals surface area contributed by atoms with Crippen molar-refractivity contribution in [1.82, 2.24) is 10.6 Å². The van der Waals surface area contributed by atoms with Crippen LogP contribution in [0.4, 0.5) is 0 Å². The van der Waals surface area contributed by atoms with E-state index in [2.05, 4.69) is 28.8 Å². The topological polar surface area (TPSA) is 78.4 Å². The molecule has 5 atom stereocenters. The lowest BCUT2D eigenvalue weighted by molar-refractivity contribution is -0.127. The molecule has 2 saturated heterocycles. The minimum absolute atomic E-state index is 0.000551. The monoisotopic (exact) mass is 392 g/mol. The molecule has 5 nitrogen and oxygen atoms in total. The maximum atomic E-state index is 13.2. The van der Waals surface area contributed by atoms with Gasteiger partial charge < -0.3 is 10.4 Å². The summed E-state index contributed by atoms with van der Waals surface area (Å²) in [5.74, 6) is 1.56. The fourth-order valence-electron chi connectivity index (χ4n) is 4.19. The summed E-state index contributed by atoms with van der Waals surface area (Å²) in [4.78, 5) is 26.2. The number of fused-ring (bicyclic) bond motifs is 1. The predicted molar refractivity (Wildman–Crippen MR) is 105 cm³/mol. The zero-order valence-electron chi connectivity index (χ0n) is 14.5. The quantitative estimate of drug-likeness (QED) is 0.690. The van der Waals surface area contributed by atoms with E-state index in [1.807, 2.05) is 6.07 Å².